The van der Waals surface area contributed by atoms with Gasteiger partial charge in [0.2, 0.25) is 5.91 Å². The summed E-state index contributed by atoms with van der Waals surface area (Å²) < 4.78 is 5.28. The standard InChI is InChI=1S/C10H17NO4/c1-6(10(13)14)11(3)9(12)8-4-5-15-7(8)2/h6-8H,4-5H2,1-3H3,(H,13,14). The number of amides is 1. The molecule has 1 heterocycles. The zero-order chi connectivity index (χ0) is 11.6. The minimum Gasteiger partial charge on any atom is -0.480 e. The Balaban J connectivity index is 2.63. The van der Waals surface area contributed by atoms with Gasteiger partial charge in [-0.2, -0.15) is 0 Å². The third-order valence-corrected chi connectivity index (χ3v) is 2.98. The zero-order valence-corrected chi connectivity index (χ0v) is 9.27. The molecule has 0 aliphatic carbocycles. The van der Waals surface area contributed by atoms with Crippen LogP contribution in [0.15, 0.2) is 0 Å². The number of carbonyl (C=O) groups excluding carboxylic acids is 1. The predicted molar refractivity (Wildman–Crippen MR) is 53.4 cm³/mol. The van der Waals surface area contributed by atoms with Crippen LogP contribution < -0.4 is 0 Å². The first-order valence-corrected chi connectivity index (χ1v) is 5.06. The number of ether oxygens (including phenoxy) is 1. The quantitative estimate of drug-likeness (QED) is 0.737. The van der Waals surface area contributed by atoms with E-state index in [4.69, 9.17) is 9.84 Å². The monoisotopic (exact) mass is 215 g/mol. The largest absolute Gasteiger partial charge is 0.480 e. The Morgan fingerprint density at radius 1 is 1.53 bits per heavy atom. The Bertz CT molecular complexity index is 266. The lowest BCUT2D eigenvalue weighted by Gasteiger charge is -2.25. The molecular weight excluding hydrogens is 198 g/mol. The van der Waals surface area contributed by atoms with E-state index in [1.165, 1.54) is 18.9 Å². The van der Waals surface area contributed by atoms with Crippen molar-refractivity contribution in [3.63, 3.8) is 0 Å². The molecule has 86 valence electrons. The minimum atomic E-state index is -0.989. The van der Waals surface area contributed by atoms with E-state index in [0.29, 0.717) is 13.0 Å². The van der Waals surface area contributed by atoms with Gasteiger partial charge in [-0.1, -0.05) is 0 Å². The highest BCUT2D eigenvalue weighted by atomic mass is 16.5. The second kappa shape index (κ2) is 4.61. The van der Waals surface area contributed by atoms with Crippen LogP contribution in [0, 0.1) is 5.92 Å². The molecule has 5 nitrogen and oxygen atoms in total. The van der Waals surface area contributed by atoms with E-state index < -0.39 is 12.0 Å². The average Bonchev–Trinajstić information content (AvgIpc) is 2.60. The van der Waals surface area contributed by atoms with E-state index in [0.717, 1.165) is 0 Å². The van der Waals surface area contributed by atoms with Crippen LogP contribution >= 0.6 is 0 Å². The van der Waals surface area contributed by atoms with Crippen LogP contribution in [0.2, 0.25) is 0 Å². The fraction of sp³-hybridized carbons (Fsp3) is 0.800. The van der Waals surface area contributed by atoms with Crippen molar-refractivity contribution in [2.45, 2.75) is 32.4 Å². The summed E-state index contributed by atoms with van der Waals surface area (Å²) in [5.74, 6) is -1.33. The Kier molecular flexibility index (Phi) is 3.68. The van der Waals surface area contributed by atoms with E-state index in [1.807, 2.05) is 6.92 Å². The molecular formula is C10H17NO4. The van der Waals surface area contributed by atoms with Crippen molar-refractivity contribution < 1.29 is 19.4 Å². The van der Waals surface area contributed by atoms with E-state index in [-0.39, 0.29) is 17.9 Å². The molecule has 3 atom stereocenters. The normalized spacial score (nSPS) is 27.4. The first kappa shape index (κ1) is 12.0. The molecule has 1 rings (SSSR count). The maximum absolute atomic E-state index is 11.9. The van der Waals surface area contributed by atoms with Crippen LogP contribution in [0.1, 0.15) is 20.3 Å². The smallest absolute Gasteiger partial charge is 0.326 e. The lowest BCUT2D eigenvalue weighted by Crippen LogP contribution is -2.44. The molecule has 0 aromatic rings. The highest BCUT2D eigenvalue weighted by Crippen LogP contribution is 2.22. The van der Waals surface area contributed by atoms with Crippen molar-refractivity contribution in [1.82, 2.24) is 4.90 Å². The second-order valence-electron chi connectivity index (χ2n) is 3.93. The van der Waals surface area contributed by atoms with E-state index in [2.05, 4.69) is 0 Å². The maximum atomic E-state index is 11.9. The summed E-state index contributed by atoms with van der Waals surface area (Å²) in [4.78, 5) is 23.9. The highest BCUT2D eigenvalue weighted by Gasteiger charge is 2.35. The topological polar surface area (TPSA) is 66.8 Å². The maximum Gasteiger partial charge on any atom is 0.326 e. The van der Waals surface area contributed by atoms with Crippen molar-refractivity contribution in [2.75, 3.05) is 13.7 Å². The number of nitrogens with zero attached hydrogens (tertiary/aromatic N) is 1. The molecule has 0 radical (unpaired) electrons. The van der Waals surface area contributed by atoms with Crippen LogP contribution in [0.5, 0.6) is 0 Å². The molecule has 5 heteroatoms. The summed E-state index contributed by atoms with van der Waals surface area (Å²) in [6.07, 6.45) is 0.567. The Labute approximate surface area is 89.0 Å². The van der Waals surface area contributed by atoms with Crippen molar-refractivity contribution in [3.8, 4) is 0 Å². The molecule has 1 aliphatic rings. The highest BCUT2D eigenvalue weighted by molar-refractivity contribution is 5.85. The number of carboxylic acids is 1. The molecule has 3 unspecified atom stereocenters. The van der Waals surface area contributed by atoms with Gasteiger partial charge in [-0.3, -0.25) is 4.79 Å². The third-order valence-electron chi connectivity index (χ3n) is 2.98. The van der Waals surface area contributed by atoms with Crippen LogP contribution in [0.3, 0.4) is 0 Å². The summed E-state index contributed by atoms with van der Waals surface area (Å²) in [5, 5.41) is 8.78. The van der Waals surface area contributed by atoms with Crippen molar-refractivity contribution in [3.05, 3.63) is 0 Å². The fourth-order valence-electron chi connectivity index (χ4n) is 1.67. The van der Waals surface area contributed by atoms with Gasteiger partial charge in [0.15, 0.2) is 0 Å². The van der Waals surface area contributed by atoms with E-state index >= 15 is 0 Å². The number of likely N-dealkylation sites (N-methyl/N-ethyl adjacent to an activating group) is 1. The van der Waals surface area contributed by atoms with Crippen LogP contribution in [-0.4, -0.2) is 47.7 Å². The molecule has 0 aromatic carbocycles. The molecule has 0 saturated carbocycles. The Hall–Kier alpha value is -1.10. The fourth-order valence-corrected chi connectivity index (χ4v) is 1.67. The predicted octanol–water partition coefficient (Wildman–Crippen LogP) is 0.343. The number of carbonyl (C=O) groups is 2. The molecule has 1 fully saturated rings. The van der Waals surface area contributed by atoms with Gasteiger partial charge < -0.3 is 14.7 Å². The zero-order valence-electron chi connectivity index (χ0n) is 9.27. The molecule has 1 aliphatic heterocycles. The lowest BCUT2D eigenvalue weighted by molar-refractivity contribution is -0.150. The van der Waals surface area contributed by atoms with Crippen molar-refractivity contribution >= 4 is 11.9 Å². The lowest BCUT2D eigenvalue weighted by atomic mass is 10.0. The van der Waals surface area contributed by atoms with Crippen LogP contribution in [0.25, 0.3) is 0 Å². The number of carboxylic acid groups (broad SMARTS) is 1. The summed E-state index contributed by atoms with van der Waals surface area (Å²) >= 11 is 0. The summed E-state index contributed by atoms with van der Waals surface area (Å²) in [7, 11) is 1.52. The van der Waals surface area contributed by atoms with Gasteiger partial charge >= 0.3 is 5.97 Å². The number of hydrogen-bond donors (Lipinski definition) is 1. The Morgan fingerprint density at radius 2 is 2.13 bits per heavy atom. The molecule has 1 amide bonds. The summed E-state index contributed by atoms with van der Waals surface area (Å²) in [6.45, 7) is 3.92. The second-order valence-corrected chi connectivity index (χ2v) is 3.93. The summed E-state index contributed by atoms with van der Waals surface area (Å²) in [6, 6.07) is -0.787. The van der Waals surface area contributed by atoms with Gasteiger partial charge in [0.05, 0.1) is 12.0 Å². The number of hydrogen-bond acceptors (Lipinski definition) is 3. The van der Waals surface area contributed by atoms with Crippen molar-refractivity contribution in [1.29, 1.82) is 0 Å². The van der Waals surface area contributed by atoms with Gasteiger partial charge in [-0.15, -0.1) is 0 Å². The van der Waals surface area contributed by atoms with Crippen LogP contribution in [0.4, 0.5) is 0 Å². The van der Waals surface area contributed by atoms with Gasteiger partial charge in [0.1, 0.15) is 6.04 Å². The SMILES string of the molecule is CC1OCCC1C(=O)N(C)C(C)C(=O)O. The molecule has 1 N–H and O–H groups in total. The molecule has 0 spiro atoms. The summed E-state index contributed by atoms with van der Waals surface area (Å²) in [5.41, 5.74) is 0. The van der Waals surface area contributed by atoms with Crippen LogP contribution in [-0.2, 0) is 14.3 Å². The Morgan fingerprint density at radius 3 is 2.53 bits per heavy atom. The van der Waals surface area contributed by atoms with E-state index in [9.17, 15) is 9.59 Å². The minimum absolute atomic E-state index is 0.110. The number of rotatable bonds is 3. The van der Waals surface area contributed by atoms with Crippen molar-refractivity contribution in [2.24, 2.45) is 5.92 Å². The van der Waals surface area contributed by atoms with Gasteiger partial charge in [-0.05, 0) is 20.3 Å². The van der Waals surface area contributed by atoms with Gasteiger partial charge in [0.25, 0.3) is 0 Å². The first-order valence-electron chi connectivity index (χ1n) is 5.06. The van der Waals surface area contributed by atoms with Gasteiger partial charge in [-0.25, -0.2) is 4.79 Å². The molecule has 0 aromatic heterocycles. The van der Waals surface area contributed by atoms with Gasteiger partial charge in [0, 0.05) is 13.7 Å². The molecule has 15 heavy (non-hydrogen) atoms. The average molecular weight is 215 g/mol. The molecule has 0 bridgehead atoms. The molecule has 1 saturated heterocycles. The van der Waals surface area contributed by atoms with E-state index in [1.54, 1.807) is 0 Å². The third kappa shape index (κ3) is 2.47. The number of aliphatic carboxylic acids is 1. The first-order chi connectivity index (χ1) is 6.95.